The molecule has 0 aliphatic heterocycles. The van der Waals surface area contributed by atoms with E-state index in [0.29, 0.717) is 0 Å². The van der Waals surface area contributed by atoms with Crippen LogP contribution in [0.5, 0.6) is 5.75 Å². The number of nitrogens with two attached hydrogens (primary N) is 1. The molecule has 2 aromatic carbocycles. The van der Waals surface area contributed by atoms with Gasteiger partial charge in [0, 0.05) is 6.04 Å². The molecule has 0 aliphatic rings. The summed E-state index contributed by atoms with van der Waals surface area (Å²) in [4.78, 5) is 0. The van der Waals surface area contributed by atoms with Crippen molar-refractivity contribution in [3.8, 4) is 5.75 Å². The second-order valence-electron chi connectivity index (χ2n) is 5.08. The largest absolute Gasteiger partial charge is 0.484 e. The van der Waals surface area contributed by atoms with E-state index >= 15 is 0 Å². The fraction of sp³-hybridized carbons (Fsp3) is 0.294. The van der Waals surface area contributed by atoms with Crippen LogP contribution >= 0.6 is 0 Å². The second-order valence-corrected chi connectivity index (χ2v) is 5.08. The maximum absolute atomic E-state index is 6.12. The van der Waals surface area contributed by atoms with Gasteiger partial charge in [-0.3, -0.25) is 0 Å². The number of para-hydroxylation sites is 1. The predicted molar refractivity (Wildman–Crippen MR) is 79.4 cm³/mol. The fourth-order valence-corrected chi connectivity index (χ4v) is 2.15. The summed E-state index contributed by atoms with van der Waals surface area (Å²) in [5, 5.41) is 0. The third kappa shape index (κ3) is 3.36. The Morgan fingerprint density at radius 3 is 2.37 bits per heavy atom. The molecule has 0 saturated carbocycles. The van der Waals surface area contributed by atoms with Gasteiger partial charge in [0.15, 0.2) is 0 Å². The fourth-order valence-electron chi connectivity index (χ4n) is 2.15. The van der Waals surface area contributed by atoms with Gasteiger partial charge >= 0.3 is 0 Å². The minimum Gasteiger partial charge on any atom is -0.484 e. The maximum atomic E-state index is 6.12. The molecule has 2 atom stereocenters. The van der Waals surface area contributed by atoms with Gasteiger partial charge in [0.1, 0.15) is 11.9 Å². The van der Waals surface area contributed by atoms with Gasteiger partial charge in [-0.1, -0.05) is 48.0 Å². The van der Waals surface area contributed by atoms with Crippen molar-refractivity contribution in [2.75, 3.05) is 0 Å². The van der Waals surface area contributed by atoms with Gasteiger partial charge in [0.2, 0.25) is 0 Å². The molecule has 19 heavy (non-hydrogen) atoms. The van der Waals surface area contributed by atoms with Crippen LogP contribution in [0, 0.1) is 13.8 Å². The molecule has 0 heterocycles. The molecule has 2 nitrogen and oxygen atoms in total. The van der Waals surface area contributed by atoms with Crippen molar-refractivity contribution in [3.05, 3.63) is 65.2 Å². The minimum atomic E-state index is -0.124. The highest BCUT2D eigenvalue weighted by Crippen LogP contribution is 2.27. The van der Waals surface area contributed by atoms with E-state index in [1.807, 2.05) is 44.2 Å². The van der Waals surface area contributed by atoms with E-state index in [-0.39, 0.29) is 12.1 Å². The van der Waals surface area contributed by atoms with Gasteiger partial charge in [-0.2, -0.15) is 0 Å². The van der Waals surface area contributed by atoms with Crippen molar-refractivity contribution in [2.45, 2.75) is 32.9 Å². The van der Waals surface area contributed by atoms with Crippen LogP contribution < -0.4 is 10.5 Å². The maximum Gasteiger partial charge on any atom is 0.138 e. The Labute approximate surface area is 115 Å². The Hall–Kier alpha value is -1.80. The van der Waals surface area contributed by atoms with Crippen LogP contribution in [0.25, 0.3) is 0 Å². The van der Waals surface area contributed by atoms with Crippen LogP contribution in [0.3, 0.4) is 0 Å². The average molecular weight is 255 g/mol. The lowest BCUT2D eigenvalue weighted by Gasteiger charge is -2.24. The Balaban J connectivity index is 2.29. The van der Waals surface area contributed by atoms with Gasteiger partial charge in [-0.15, -0.1) is 0 Å². The molecule has 2 unspecified atom stereocenters. The molecule has 100 valence electrons. The summed E-state index contributed by atoms with van der Waals surface area (Å²) in [6.07, 6.45) is -0.124. The van der Waals surface area contributed by atoms with Gasteiger partial charge < -0.3 is 10.5 Å². The van der Waals surface area contributed by atoms with Crippen molar-refractivity contribution in [1.29, 1.82) is 0 Å². The Morgan fingerprint density at radius 1 is 1.00 bits per heavy atom. The average Bonchev–Trinajstić information content (AvgIpc) is 2.37. The standard InChI is InChI=1S/C17H21NO/c1-12-7-6-9-15(11-12)17(14(3)18)19-16-10-5-4-8-13(16)2/h4-11,14,17H,18H2,1-3H3. The van der Waals surface area contributed by atoms with Crippen molar-refractivity contribution < 1.29 is 4.74 Å². The van der Waals surface area contributed by atoms with E-state index in [1.54, 1.807) is 0 Å². The molecule has 0 aliphatic carbocycles. The topological polar surface area (TPSA) is 35.2 Å². The zero-order chi connectivity index (χ0) is 13.8. The minimum absolute atomic E-state index is 0.0681. The predicted octanol–water partition coefficient (Wildman–Crippen LogP) is 3.77. The highest BCUT2D eigenvalue weighted by Gasteiger charge is 2.18. The zero-order valence-electron chi connectivity index (χ0n) is 11.8. The summed E-state index contributed by atoms with van der Waals surface area (Å²) in [6.45, 7) is 6.10. The first-order chi connectivity index (χ1) is 9.08. The van der Waals surface area contributed by atoms with Gasteiger partial charge in [0.25, 0.3) is 0 Å². The monoisotopic (exact) mass is 255 g/mol. The van der Waals surface area contributed by atoms with E-state index < -0.39 is 0 Å². The van der Waals surface area contributed by atoms with Crippen LogP contribution in [-0.2, 0) is 0 Å². The van der Waals surface area contributed by atoms with Gasteiger partial charge in [0.05, 0.1) is 0 Å². The van der Waals surface area contributed by atoms with Crippen LogP contribution in [0.15, 0.2) is 48.5 Å². The normalized spacial score (nSPS) is 13.9. The van der Waals surface area contributed by atoms with E-state index in [2.05, 4.69) is 25.1 Å². The summed E-state index contributed by atoms with van der Waals surface area (Å²) in [7, 11) is 0. The van der Waals surface area contributed by atoms with E-state index in [0.717, 1.165) is 16.9 Å². The molecule has 0 fully saturated rings. The van der Waals surface area contributed by atoms with Gasteiger partial charge in [-0.05, 0) is 38.0 Å². The van der Waals surface area contributed by atoms with E-state index in [4.69, 9.17) is 10.5 Å². The Bertz CT molecular complexity index is 548. The Kier molecular flexibility index (Phi) is 4.23. The smallest absolute Gasteiger partial charge is 0.138 e. The van der Waals surface area contributed by atoms with Crippen LogP contribution in [0.1, 0.15) is 29.7 Å². The van der Waals surface area contributed by atoms with Crippen molar-refractivity contribution in [3.63, 3.8) is 0 Å². The number of hydrogen-bond donors (Lipinski definition) is 1. The van der Waals surface area contributed by atoms with Crippen molar-refractivity contribution in [1.82, 2.24) is 0 Å². The third-order valence-electron chi connectivity index (χ3n) is 3.20. The Morgan fingerprint density at radius 2 is 1.74 bits per heavy atom. The first kappa shape index (κ1) is 13.6. The number of hydrogen-bond acceptors (Lipinski definition) is 2. The molecule has 2 N–H and O–H groups in total. The van der Waals surface area contributed by atoms with E-state index in [1.165, 1.54) is 5.56 Å². The molecular weight excluding hydrogens is 234 g/mol. The summed E-state index contributed by atoms with van der Waals surface area (Å²) in [6, 6.07) is 16.3. The van der Waals surface area contributed by atoms with Gasteiger partial charge in [-0.25, -0.2) is 0 Å². The highest BCUT2D eigenvalue weighted by molar-refractivity contribution is 5.33. The first-order valence-electron chi connectivity index (χ1n) is 6.62. The molecule has 0 amide bonds. The van der Waals surface area contributed by atoms with Crippen LogP contribution in [0.4, 0.5) is 0 Å². The SMILES string of the molecule is Cc1cccc(C(Oc2ccccc2C)C(C)N)c1. The number of ether oxygens (including phenoxy) is 1. The molecular formula is C17H21NO. The highest BCUT2D eigenvalue weighted by atomic mass is 16.5. The number of aryl methyl sites for hydroxylation is 2. The number of rotatable bonds is 4. The quantitative estimate of drug-likeness (QED) is 0.902. The molecule has 0 radical (unpaired) electrons. The first-order valence-corrected chi connectivity index (χ1v) is 6.62. The molecule has 2 rings (SSSR count). The van der Waals surface area contributed by atoms with Crippen LogP contribution in [0.2, 0.25) is 0 Å². The molecule has 0 bridgehead atoms. The molecule has 0 aromatic heterocycles. The molecule has 0 spiro atoms. The summed E-state index contributed by atoms with van der Waals surface area (Å²) < 4.78 is 6.12. The summed E-state index contributed by atoms with van der Waals surface area (Å²) in [5.74, 6) is 0.895. The lowest BCUT2D eigenvalue weighted by atomic mass is 10.0. The lowest BCUT2D eigenvalue weighted by Crippen LogP contribution is -2.29. The number of benzene rings is 2. The van der Waals surface area contributed by atoms with Crippen molar-refractivity contribution >= 4 is 0 Å². The zero-order valence-corrected chi connectivity index (χ0v) is 11.8. The second kappa shape index (κ2) is 5.89. The van der Waals surface area contributed by atoms with E-state index in [9.17, 15) is 0 Å². The molecule has 2 heteroatoms. The molecule has 2 aromatic rings. The third-order valence-corrected chi connectivity index (χ3v) is 3.20. The lowest BCUT2D eigenvalue weighted by molar-refractivity contribution is 0.179. The summed E-state index contributed by atoms with van der Waals surface area (Å²) >= 11 is 0. The summed E-state index contributed by atoms with van der Waals surface area (Å²) in [5.41, 5.74) is 9.56. The molecule has 0 saturated heterocycles. The van der Waals surface area contributed by atoms with Crippen molar-refractivity contribution in [2.24, 2.45) is 5.73 Å². The van der Waals surface area contributed by atoms with Crippen LogP contribution in [-0.4, -0.2) is 6.04 Å².